The lowest BCUT2D eigenvalue weighted by Gasteiger charge is -2.19. The topological polar surface area (TPSA) is 15.6 Å². The highest BCUT2D eigenvalue weighted by molar-refractivity contribution is 5.86. The summed E-state index contributed by atoms with van der Waals surface area (Å²) in [6.07, 6.45) is -2.21. The van der Waals surface area contributed by atoms with Gasteiger partial charge < -0.3 is 0 Å². The van der Waals surface area contributed by atoms with E-state index in [2.05, 4.69) is 5.10 Å². The third-order valence-electron chi connectivity index (χ3n) is 4.28. The molecule has 0 aliphatic rings. The molecule has 0 radical (unpaired) electrons. The zero-order valence-corrected chi connectivity index (χ0v) is 15.8. The van der Waals surface area contributed by atoms with Crippen LogP contribution in [0.5, 0.6) is 0 Å². The van der Waals surface area contributed by atoms with Crippen LogP contribution in [0.15, 0.2) is 102 Å². The Morgan fingerprint density at radius 2 is 1.17 bits per heavy atom. The van der Waals surface area contributed by atoms with Crippen molar-refractivity contribution in [1.82, 2.24) is 5.01 Å². The predicted molar refractivity (Wildman–Crippen MR) is 111 cm³/mol. The molecule has 0 saturated heterocycles. The summed E-state index contributed by atoms with van der Waals surface area (Å²) < 4.78 is 40.4. The molecule has 0 saturated carbocycles. The molecule has 0 unspecified atom stereocenters. The monoisotopic (exact) mass is 394 g/mol. The Morgan fingerprint density at radius 3 is 1.62 bits per heavy atom. The fraction of sp³-hybridized carbons (Fsp3) is 0.125. The fourth-order valence-corrected chi connectivity index (χ4v) is 2.90. The number of nitrogens with zero attached hydrogens (tertiary/aromatic N) is 2. The van der Waals surface area contributed by atoms with Gasteiger partial charge in [-0.05, 0) is 22.8 Å². The van der Waals surface area contributed by atoms with Crippen molar-refractivity contribution in [3.8, 4) is 0 Å². The van der Waals surface area contributed by atoms with Crippen LogP contribution in [-0.4, -0.2) is 17.4 Å². The Morgan fingerprint density at radius 1 is 0.724 bits per heavy atom. The SMILES string of the molecule is FC(F)(F)/C(=C/C=N/N(Cc1ccccc1)Cc1ccccc1)c1ccccc1. The molecule has 0 N–H and O–H groups in total. The van der Waals surface area contributed by atoms with Gasteiger partial charge in [0.25, 0.3) is 0 Å². The van der Waals surface area contributed by atoms with Gasteiger partial charge in [0, 0.05) is 6.21 Å². The Kier molecular flexibility index (Phi) is 6.85. The van der Waals surface area contributed by atoms with Gasteiger partial charge >= 0.3 is 6.18 Å². The summed E-state index contributed by atoms with van der Waals surface area (Å²) in [7, 11) is 0. The van der Waals surface area contributed by atoms with Gasteiger partial charge in [0.15, 0.2) is 0 Å². The Labute approximate surface area is 168 Å². The van der Waals surface area contributed by atoms with Crippen LogP contribution in [0.4, 0.5) is 13.2 Å². The number of alkyl halides is 3. The van der Waals surface area contributed by atoms with Gasteiger partial charge in [-0.15, -0.1) is 0 Å². The molecule has 3 rings (SSSR count). The maximum absolute atomic E-state index is 13.5. The first-order valence-electron chi connectivity index (χ1n) is 9.22. The first kappa shape index (κ1) is 20.4. The summed E-state index contributed by atoms with van der Waals surface area (Å²) in [6, 6.07) is 27.2. The van der Waals surface area contributed by atoms with E-state index in [4.69, 9.17) is 0 Å². The van der Waals surface area contributed by atoms with E-state index in [1.807, 2.05) is 60.7 Å². The largest absolute Gasteiger partial charge is 0.417 e. The van der Waals surface area contributed by atoms with Crippen LogP contribution >= 0.6 is 0 Å². The van der Waals surface area contributed by atoms with Crippen molar-refractivity contribution in [2.75, 3.05) is 0 Å². The number of rotatable bonds is 7. The molecule has 0 amide bonds. The van der Waals surface area contributed by atoms with Gasteiger partial charge in [-0.2, -0.15) is 18.3 Å². The molecule has 0 bridgehead atoms. The molecule has 0 aliphatic heterocycles. The summed E-state index contributed by atoms with van der Waals surface area (Å²) in [4.78, 5) is 0. The van der Waals surface area contributed by atoms with Gasteiger partial charge in [-0.25, -0.2) is 0 Å². The van der Waals surface area contributed by atoms with E-state index in [9.17, 15) is 13.2 Å². The second kappa shape index (κ2) is 9.73. The lowest BCUT2D eigenvalue weighted by Crippen LogP contribution is -2.17. The number of hydrogen-bond acceptors (Lipinski definition) is 2. The smallest absolute Gasteiger partial charge is 0.288 e. The molecule has 3 aromatic rings. The number of benzene rings is 3. The van der Waals surface area contributed by atoms with E-state index in [0.717, 1.165) is 17.2 Å². The summed E-state index contributed by atoms with van der Waals surface area (Å²) in [5.74, 6) is 0. The van der Waals surface area contributed by atoms with Crippen molar-refractivity contribution < 1.29 is 13.2 Å². The van der Waals surface area contributed by atoms with E-state index in [-0.39, 0.29) is 5.56 Å². The second-order valence-corrected chi connectivity index (χ2v) is 6.50. The third kappa shape index (κ3) is 6.35. The molecule has 0 aliphatic carbocycles. The minimum atomic E-state index is -4.46. The summed E-state index contributed by atoms with van der Waals surface area (Å²) in [6.45, 7) is 0.986. The van der Waals surface area contributed by atoms with E-state index in [1.165, 1.54) is 18.3 Å². The zero-order valence-electron chi connectivity index (χ0n) is 15.8. The lowest BCUT2D eigenvalue weighted by molar-refractivity contribution is -0.0688. The van der Waals surface area contributed by atoms with Crippen LogP contribution in [0, 0.1) is 0 Å². The van der Waals surface area contributed by atoms with Gasteiger partial charge in [-0.1, -0.05) is 91.0 Å². The highest BCUT2D eigenvalue weighted by Crippen LogP contribution is 2.33. The van der Waals surface area contributed by atoms with E-state index >= 15 is 0 Å². The molecule has 5 heteroatoms. The van der Waals surface area contributed by atoms with E-state index in [0.29, 0.717) is 13.1 Å². The second-order valence-electron chi connectivity index (χ2n) is 6.50. The Bertz CT molecular complexity index is 893. The Hall–Kier alpha value is -3.34. The van der Waals surface area contributed by atoms with Crippen LogP contribution < -0.4 is 0 Å². The van der Waals surface area contributed by atoms with Gasteiger partial charge in [0.05, 0.1) is 18.7 Å². The lowest BCUT2D eigenvalue weighted by atomic mass is 10.1. The van der Waals surface area contributed by atoms with Gasteiger partial charge in [-0.3, -0.25) is 5.01 Å². The van der Waals surface area contributed by atoms with Crippen molar-refractivity contribution in [3.63, 3.8) is 0 Å². The van der Waals surface area contributed by atoms with Crippen LogP contribution in [0.1, 0.15) is 16.7 Å². The van der Waals surface area contributed by atoms with Crippen LogP contribution in [0.3, 0.4) is 0 Å². The summed E-state index contributed by atoms with van der Waals surface area (Å²) in [5, 5.41) is 6.08. The maximum atomic E-state index is 13.5. The van der Waals surface area contributed by atoms with E-state index in [1.54, 1.807) is 23.2 Å². The maximum Gasteiger partial charge on any atom is 0.417 e. The van der Waals surface area contributed by atoms with Gasteiger partial charge in [0.1, 0.15) is 0 Å². The summed E-state index contributed by atoms with van der Waals surface area (Å²) in [5.41, 5.74) is 1.46. The fourth-order valence-electron chi connectivity index (χ4n) is 2.90. The minimum absolute atomic E-state index is 0.115. The highest BCUT2D eigenvalue weighted by atomic mass is 19.4. The number of halogens is 3. The molecular formula is C24H21F3N2. The molecule has 0 heterocycles. The molecule has 0 atom stereocenters. The molecular weight excluding hydrogens is 373 g/mol. The molecule has 3 aromatic carbocycles. The number of hydrazone groups is 1. The van der Waals surface area contributed by atoms with Crippen molar-refractivity contribution in [3.05, 3.63) is 114 Å². The molecule has 29 heavy (non-hydrogen) atoms. The van der Waals surface area contributed by atoms with Crippen molar-refractivity contribution in [1.29, 1.82) is 0 Å². The highest BCUT2D eigenvalue weighted by Gasteiger charge is 2.34. The van der Waals surface area contributed by atoms with Crippen LogP contribution in [-0.2, 0) is 13.1 Å². The van der Waals surface area contributed by atoms with Crippen molar-refractivity contribution >= 4 is 11.8 Å². The molecule has 0 aromatic heterocycles. The van der Waals surface area contributed by atoms with Crippen LogP contribution in [0.2, 0.25) is 0 Å². The van der Waals surface area contributed by atoms with Crippen molar-refractivity contribution in [2.24, 2.45) is 5.10 Å². The molecule has 0 fully saturated rings. The first-order chi connectivity index (χ1) is 14.0. The molecule has 0 spiro atoms. The van der Waals surface area contributed by atoms with Crippen LogP contribution in [0.25, 0.3) is 5.57 Å². The predicted octanol–water partition coefficient (Wildman–Crippen LogP) is 6.32. The quantitative estimate of drug-likeness (QED) is 0.338. The third-order valence-corrected chi connectivity index (χ3v) is 4.28. The van der Waals surface area contributed by atoms with Gasteiger partial charge in [0.2, 0.25) is 0 Å². The molecule has 2 nitrogen and oxygen atoms in total. The average molecular weight is 394 g/mol. The normalized spacial score (nSPS) is 12.3. The zero-order chi connectivity index (χ0) is 20.5. The Balaban J connectivity index is 1.84. The van der Waals surface area contributed by atoms with E-state index < -0.39 is 11.7 Å². The van der Waals surface area contributed by atoms with Crippen molar-refractivity contribution in [2.45, 2.75) is 19.3 Å². The first-order valence-corrected chi connectivity index (χ1v) is 9.22. The minimum Gasteiger partial charge on any atom is -0.288 e. The summed E-state index contributed by atoms with van der Waals surface area (Å²) >= 11 is 0. The number of hydrogen-bond donors (Lipinski definition) is 0. The molecule has 148 valence electrons. The average Bonchev–Trinajstić information content (AvgIpc) is 2.72. The number of allylic oxidation sites excluding steroid dienone is 2. The standard InChI is InChI=1S/C24H21F3N2/c25-24(26,27)23(22-14-8-3-9-15-22)16-17-28-29(18-20-10-4-1-5-11-20)19-21-12-6-2-7-13-21/h1-17H,18-19H2/b23-16+,28-17+.